The van der Waals surface area contributed by atoms with Gasteiger partial charge in [-0.1, -0.05) is 0 Å². The summed E-state index contributed by atoms with van der Waals surface area (Å²) in [6.45, 7) is 4.05. The van der Waals surface area contributed by atoms with Gasteiger partial charge in [0.1, 0.15) is 12.2 Å². The number of benzene rings is 1. The second-order valence-electron chi connectivity index (χ2n) is 5.54. The third kappa shape index (κ3) is 2.32. The fraction of sp³-hybridized carbons (Fsp3) is 0.294. The van der Waals surface area contributed by atoms with Crippen molar-refractivity contribution in [2.75, 3.05) is 6.54 Å². The van der Waals surface area contributed by atoms with Crippen LogP contribution in [0, 0.1) is 31.0 Å². The van der Waals surface area contributed by atoms with Gasteiger partial charge in [-0.25, -0.2) is 4.39 Å². The summed E-state index contributed by atoms with van der Waals surface area (Å²) in [6, 6.07) is 7.23. The van der Waals surface area contributed by atoms with Crippen LogP contribution >= 0.6 is 0 Å². The minimum absolute atomic E-state index is 0.192. The number of nitrogens with two attached hydrogens (primary N) is 1. The lowest BCUT2D eigenvalue weighted by Crippen LogP contribution is -2.24. The first-order valence-electron chi connectivity index (χ1n) is 7.11. The molecule has 4 nitrogen and oxygen atoms in total. The van der Waals surface area contributed by atoms with E-state index in [0.29, 0.717) is 29.8 Å². The lowest BCUT2D eigenvalue weighted by atomic mass is 9.98. The van der Waals surface area contributed by atoms with Gasteiger partial charge in [0, 0.05) is 29.8 Å². The molecule has 112 valence electrons. The maximum absolute atomic E-state index is 14.3. The lowest BCUT2D eigenvalue weighted by Gasteiger charge is -2.10. The van der Waals surface area contributed by atoms with Crippen molar-refractivity contribution >= 4 is 0 Å². The molecule has 0 saturated heterocycles. The molecule has 0 fully saturated rings. The normalized spacial score (nSPS) is 16.0. The lowest BCUT2D eigenvalue weighted by molar-refractivity contribution is 0.232. The molecule has 0 radical (unpaired) electrons. The van der Waals surface area contributed by atoms with E-state index >= 15 is 0 Å². The van der Waals surface area contributed by atoms with Gasteiger partial charge in [-0.2, -0.15) is 5.26 Å². The zero-order chi connectivity index (χ0) is 15.9. The summed E-state index contributed by atoms with van der Waals surface area (Å²) in [5, 5.41) is 9.37. The van der Waals surface area contributed by atoms with Crippen LogP contribution in [0.5, 0.6) is 5.75 Å². The summed E-state index contributed by atoms with van der Waals surface area (Å²) in [4.78, 5) is 4.43. The van der Waals surface area contributed by atoms with Gasteiger partial charge in [-0.05, 0) is 37.6 Å². The molecule has 1 aromatic carbocycles. The number of fused-ring (bicyclic) bond motifs is 1. The Morgan fingerprint density at radius 2 is 2.18 bits per heavy atom. The number of hydrogen-bond acceptors (Lipinski definition) is 4. The number of halogens is 1. The van der Waals surface area contributed by atoms with Crippen LogP contribution in [0.1, 0.15) is 22.4 Å². The number of aryl methyl sites for hydroxylation is 2. The van der Waals surface area contributed by atoms with Crippen LogP contribution in [0.2, 0.25) is 0 Å². The van der Waals surface area contributed by atoms with Gasteiger partial charge in [0.05, 0.1) is 11.3 Å². The monoisotopic (exact) mass is 297 g/mol. The Kier molecular flexibility index (Phi) is 3.55. The molecule has 5 heteroatoms. The quantitative estimate of drug-likeness (QED) is 0.925. The highest BCUT2D eigenvalue weighted by molar-refractivity contribution is 5.70. The Balaban J connectivity index is 2.16. The predicted molar refractivity (Wildman–Crippen MR) is 81.0 cm³/mol. The zero-order valence-electron chi connectivity index (χ0n) is 12.5. The van der Waals surface area contributed by atoms with Gasteiger partial charge in [0.25, 0.3) is 0 Å². The van der Waals surface area contributed by atoms with Crippen molar-refractivity contribution in [2.24, 2.45) is 5.73 Å². The third-order valence-corrected chi connectivity index (χ3v) is 3.85. The molecular formula is C17H16FN3O. The fourth-order valence-electron chi connectivity index (χ4n) is 2.84. The van der Waals surface area contributed by atoms with E-state index in [1.54, 1.807) is 0 Å². The molecule has 22 heavy (non-hydrogen) atoms. The number of pyridine rings is 1. The van der Waals surface area contributed by atoms with Crippen LogP contribution in [-0.2, 0) is 6.42 Å². The summed E-state index contributed by atoms with van der Waals surface area (Å²) >= 11 is 0. The standard InChI is InChI=1S/C17H16FN3O/c1-9-3-10(2)21-16(14(9)8-20)11-4-12-5-13(7-19)22-17(12)15(18)6-11/h3-4,6,13H,5,7,19H2,1-2H3. The van der Waals surface area contributed by atoms with Crippen molar-refractivity contribution in [3.8, 4) is 23.1 Å². The zero-order valence-corrected chi connectivity index (χ0v) is 12.5. The average molecular weight is 297 g/mol. The fourth-order valence-corrected chi connectivity index (χ4v) is 2.84. The largest absolute Gasteiger partial charge is 0.485 e. The molecule has 2 N–H and O–H groups in total. The predicted octanol–water partition coefficient (Wildman–Crippen LogP) is 2.64. The Morgan fingerprint density at radius 3 is 2.86 bits per heavy atom. The van der Waals surface area contributed by atoms with E-state index in [1.165, 1.54) is 6.07 Å². The van der Waals surface area contributed by atoms with Gasteiger partial charge in [-0.3, -0.25) is 4.98 Å². The summed E-state index contributed by atoms with van der Waals surface area (Å²) < 4.78 is 19.8. The first kappa shape index (κ1) is 14.5. The van der Waals surface area contributed by atoms with Gasteiger partial charge in [0.15, 0.2) is 11.6 Å². The van der Waals surface area contributed by atoms with Gasteiger partial charge in [-0.15, -0.1) is 0 Å². The number of aromatic nitrogens is 1. The molecule has 1 aliphatic heterocycles. The number of rotatable bonds is 2. The summed E-state index contributed by atoms with van der Waals surface area (Å²) in [5.74, 6) is -0.171. The van der Waals surface area contributed by atoms with Gasteiger partial charge in [0.2, 0.25) is 0 Å². The maximum Gasteiger partial charge on any atom is 0.166 e. The minimum Gasteiger partial charge on any atom is -0.485 e. The van der Waals surface area contributed by atoms with E-state index in [1.807, 2.05) is 26.0 Å². The number of ether oxygens (including phenoxy) is 1. The second-order valence-corrected chi connectivity index (χ2v) is 5.54. The van der Waals surface area contributed by atoms with Crippen LogP contribution in [0.15, 0.2) is 18.2 Å². The molecule has 1 aliphatic rings. The maximum atomic E-state index is 14.3. The molecule has 0 bridgehead atoms. The van der Waals surface area contributed by atoms with Crippen molar-refractivity contribution < 1.29 is 9.13 Å². The first-order valence-corrected chi connectivity index (χ1v) is 7.11. The number of hydrogen-bond donors (Lipinski definition) is 1. The number of nitriles is 1. The molecule has 0 saturated carbocycles. The van der Waals surface area contributed by atoms with Crippen molar-refractivity contribution in [2.45, 2.75) is 26.4 Å². The molecule has 0 spiro atoms. The Bertz CT molecular complexity index is 795. The van der Waals surface area contributed by atoms with Crippen LogP contribution in [0.25, 0.3) is 11.3 Å². The van der Waals surface area contributed by atoms with E-state index < -0.39 is 5.82 Å². The van der Waals surface area contributed by atoms with Gasteiger partial charge < -0.3 is 10.5 Å². The number of nitrogens with zero attached hydrogens (tertiary/aromatic N) is 2. The molecule has 1 unspecified atom stereocenters. The second kappa shape index (κ2) is 5.39. The van der Waals surface area contributed by atoms with E-state index in [2.05, 4.69) is 11.1 Å². The minimum atomic E-state index is -0.437. The van der Waals surface area contributed by atoms with E-state index in [-0.39, 0.29) is 11.9 Å². The van der Waals surface area contributed by atoms with Crippen LogP contribution in [-0.4, -0.2) is 17.6 Å². The van der Waals surface area contributed by atoms with Crippen molar-refractivity contribution in [3.05, 3.63) is 46.4 Å². The molecule has 1 atom stereocenters. The van der Waals surface area contributed by atoms with Crippen LogP contribution in [0.4, 0.5) is 4.39 Å². The highest BCUT2D eigenvalue weighted by Crippen LogP contribution is 2.36. The smallest absolute Gasteiger partial charge is 0.166 e. The first-order chi connectivity index (χ1) is 10.5. The van der Waals surface area contributed by atoms with Crippen LogP contribution < -0.4 is 10.5 Å². The van der Waals surface area contributed by atoms with E-state index in [0.717, 1.165) is 16.8 Å². The van der Waals surface area contributed by atoms with E-state index in [9.17, 15) is 9.65 Å². The Labute approximate surface area is 128 Å². The van der Waals surface area contributed by atoms with E-state index in [4.69, 9.17) is 10.5 Å². The topological polar surface area (TPSA) is 71.9 Å². The Morgan fingerprint density at radius 1 is 1.41 bits per heavy atom. The molecule has 0 aliphatic carbocycles. The summed E-state index contributed by atoms with van der Waals surface area (Å²) in [7, 11) is 0. The third-order valence-electron chi connectivity index (χ3n) is 3.85. The summed E-state index contributed by atoms with van der Waals surface area (Å²) in [5.41, 5.74) is 9.58. The molecule has 1 aromatic heterocycles. The van der Waals surface area contributed by atoms with Crippen molar-refractivity contribution in [1.82, 2.24) is 4.98 Å². The Hall–Kier alpha value is -2.45. The van der Waals surface area contributed by atoms with Crippen molar-refractivity contribution in [1.29, 1.82) is 5.26 Å². The molecule has 0 amide bonds. The molecule has 2 aromatic rings. The molecule has 3 rings (SSSR count). The highest BCUT2D eigenvalue weighted by Gasteiger charge is 2.26. The molecule has 2 heterocycles. The van der Waals surface area contributed by atoms with Crippen molar-refractivity contribution in [3.63, 3.8) is 0 Å². The SMILES string of the molecule is Cc1cc(C)c(C#N)c(-c2cc(F)c3c(c2)CC(CN)O3)n1. The highest BCUT2D eigenvalue weighted by atomic mass is 19.1. The van der Waals surface area contributed by atoms with Gasteiger partial charge >= 0.3 is 0 Å². The summed E-state index contributed by atoms with van der Waals surface area (Å²) in [6.07, 6.45) is 0.380. The van der Waals surface area contributed by atoms with Crippen LogP contribution in [0.3, 0.4) is 0 Å². The average Bonchev–Trinajstić information content (AvgIpc) is 2.90. The molecular weight excluding hydrogens is 281 g/mol.